The lowest BCUT2D eigenvalue weighted by Crippen LogP contribution is -2.59. The van der Waals surface area contributed by atoms with E-state index in [9.17, 15) is 15.3 Å². The summed E-state index contributed by atoms with van der Waals surface area (Å²) < 4.78 is 10.7. The van der Waals surface area contributed by atoms with Gasteiger partial charge >= 0.3 is 0 Å². The van der Waals surface area contributed by atoms with Crippen LogP contribution >= 0.6 is 0 Å². The molecule has 0 saturated carbocycles. The predicted octanol–water partition coefficient (Wildman–Crippen LogP) is 0.944. The van der Waals surface area contributed by atoms with Crippen molar-refractivity contribution in [1.82, 2.24) is 0 Å². The topological polar surface area (TPSA) is 99.4 Å². The van der Waals surface area contributed by atoms with Crippen LogP contribution in [0.25, 0.3) is 0 Å². The molecule has 4 N–H and O–H groups in total. The number of hydrogen-bond donors (Lipinski definition) is 4. The molecule has 1 rings (SSSR count). The summed E-state index contributed by atoms with van der Waals surface area (Å²) in [6, 6.07) is 0. The van der Waals surface area contributed by atoms with Gasteiger partial charge in [-0.3, -0.25) is 0 Å². The molecule has 0 aromatic carbocycles. The zero-order valence-corrected chi connectivity index (χ0v) is 13.6. The van der Waals surface area contributed by atoms with Gasteiger partial charge in [-0.2, -0.15) is 0 Å². The Balaban J connectivity index is 2.11. The minimum Gasteiger partial charge on any atom is -0.394 e. The van der Waals surface area contributed by atoms with Crippen molar-refractivity contribution in [3.8, 4) is 0 Å². The maximum Gasteiger partial charge on any atom is 0.186 e. The second kappa shape index (κ2) is 11.3. The average molecular weight is 320 g/mol. The third kappa shape index (κ3) is 6.48. The summed E-state index contributed by atoms with van der Waals surface area (Å²) in [6.45, 7) is 2.20. The first kappa shape index (κ1) is 19.8. The molecule has 5 atom stereocenters. The van der Waals surface area contributed by atoms with Crippen LogP contribution in [0.1, 0.15) is 58.3 Å². The monoisotopic (exact) mass is 320 g/mol. The molecule has 1 heterocycles. The largest absolute Gasteiger partial charge is 0.394 e. The summed E-state index contributed by atoms with van der Waals surface area (Å²) in [4.78, 5) is 0. The Morgan fingerprint density at radius 2 is 1.41 bits per heavy atom. The van der Waals surface area contributed by atoms with Crippen LogP contribution in [-0.4, -0.2) is 64.3 Å². The summed E-state index contributed by atoms with van der Waals surface area (Å²) in [5, 5.41) is 38.2. The van der Waals surface area contributed by atoms with Gasteiger partial charge in [0.1, 0.15) is 24.4 Å². The van der Waals surface area contributed by atoms with E-state index in [1.54, 1.807) is 0 Å². The first-order valence-corrected chi connectivity index (χ1v) is 8.54. The standard InChI is InChI=1S/C16H32O6/c1-2-3-4-5-6-7-8-9-10-21-16-15(20)14(19)13(18)12(11-17)22-16/h12-20H,2-11H2,1H3/t12-,13-,14+,15-,16?/m0/s1. The fraction of sp³-hybridized carbons (Fsp3) is 1.00. The molecule has 132 valence electrons. The second-order valence-electron chi connectivity index (χ2n) is 6.04. The molecule has 0 spiro atoms. The third-order valence-electron chi connectivity index (χ3n) is 4.13. The molecule has 1 aliphatic rings. The van der Waals surface area contributed by atoms with Crippen molar-refractivity contribution >= 4 is 0 Å². The highest BCUT2D eigenvalue weighted by Gasteiger charge is 2.43. The van der Waals surface area contributed by atoms with E-state index < -0.39 is 37.3 Å². The third-order valence-corrected chi connectivity index (χ3v) is 4.13. The molecule has 0 bridgehead atoms. The maximum absolute atomic E-state index is 9.80. The van der Waals surface area contributed by atoms with Crippen molar-refractivity contribution in [1.29, 1.82) is 0 Å². The number of unbranched alkanes of at least 4 members (excludes halogenated alkanes) is 7. The number of aliphatic hydroxyl groups is 4. The molecular weight excluding hydrogens is 288 g/mol. The Labute approximate surface area is 133 Å². The van der Waals surface area contributed by atoms with Crippen LogP contribution in [0, 0.1) is 0 Å². The maximum atomic E-state index is 9.80. The summed E-state index contributed by atoms with van der Waals surface area (Å²) in [6.07, 6.45) is 3.58. The Kier molecular flexibility index (Phi) is 10.2. The minimum absolute atomic E-state index is 0.428. The van der Waals surface area contributed by atoms with E-state index in [2.05, 4.69) is 6.92 Å². The fourth-order valence-corrected chi connectivity index (χ4v) is 2.64. The molecule has 0 radical (unpaired) electrons. The highest BCUT2D eigenvalue weighted by atomic mass is 16.7. The molecule has 22 heavy (non-hydrogen) atoms. The molecule has 1 fully saturated rings. The quantitative estimate of drug-likeness (QED) is 0.423. The zero-order valence-electron chi connectivity index (χ0n) is 13.6. The lowest BCUT2D eigenvalue weighted by Gasteiger charge is -2.39. The van der Waals surface area contributed by atoms with Crippen molar-refractivity contribution in [2.45, 2.75) is 89.0 Å². The van der Waals surface area contributed by atoms with Crippen molar-refractivity contribution in [3.05, 3.63) is 0 Å². The average Bonchev–Trinajstić information content (AvgIpc) is 2.53. The molecule has 0 aromatic heterocycles. The summed E-state index contributed by atoms with van der Waals surface area (Å²) >= 11 is 0. The predicted molar refractivity (Wildman–Crippen MR) is 82.3 cm³/mol. The van der Waals surface area contributed by atoms with Crippen molar-refractivity contribution in [2.75, 3.05) is 13.2 Å². The molecule has 6 heteroatoms. The number of aliphatic hydroxyl groups excluding tert-OH is 4. The van der Waals surface area contributed by atoms with Gasteiger partial charge in [0, 0.05) is 6.61 Å². The zero-order chi connectivity index (χ0) is 16.4. The molecule has 1 aliphatic heterocycles. The minimum atomic E-state index is -1.37. The van der Waals surface area contributed by atoms with Gasteiger partial charge in [-0.1, -0.05) is 51.9 Å². The van der Waals surface area contributed by atoms with E-state index in [1.807, 2.05) is 0 Å². The highest BCUT2D eigenvalue weighted by Crippen LogP contribution is 2.22. The summed E-state index contributed by atoms with van der Waals surface area (Å²) in [7, 11) is 0. The lowest BCUT2D eigenvalue weighted by atomic mass is 9.99. The Bertz CT molecular complexity index is 273. The van der Waals surface area contributed by atoms with E-state index >= 15 is 0 Å². The van der Waals surface area contributed by atoms with Crippen molar-refractivity contribution < 1.29 is 29.9 Å². The van der Waals surface area contributed by atoms with Gasteiger partial charge in [0.2, 0.25) is 0 Å². The van der Waals surface area contributed by atoms with Crippen LogP contribution in [0.4, 0.5) is 0 Å². The van der Waals surface area contributed by atoms with Crippen molar-refractivity contribution in [2.24, 2.45) is 0 Å². The van der Waals surface area contributed by atoms with Gasteiger partial charge in [-0.05, 0) is 6.42 Å². The van der Waals surface area contributed by atoms with E-state index in [0.717, 1.165) is 12.8 Å². The Morgan fingerprint density at radius 3 is 2.00 bits per heavy atom. The van der Waals surface area contributed by atoms with Crippen LogP contribution in [0.15, 0.2) is 0 Å². The molecule has 0 amide bonds. The summed E-state index contributed by atoms with van der Waals surface area (Å²) in [5.41, 5.74) is 0. The molecule has 6 nitrogen and oxygen atoms in total. The van der Waals surface area contributed by atoms with Gasteiger partial charge in [0.05, 0.1) is 6.61 Å². The highest BCUT2D eigenvalue weighted by molar-refractivity contribution is 4.88. The molecule has 0 aromatic rings. The van der Waals surface area contributed by atoms with Crippen LogP contribution in [0.2, 0.25) is 0 Å². The van der Waals surface area contributed by atoms with E-state index in [4.69, 9.17) is 14.6 Å². The van der Waals surface area contributed by atoms with Crippen LogP contribution < -0.4 is 0 Å². The first-order chi connectivity index (χ1) is 10.6. The molecule has 1 saturated heterocycles. The van der Waals surface area contributed by atoms with Gasteiger partial charge in [-0.25, -0.2) is 0 Å². The normalized spacial score (nSPS) is 32.3. The van der Waals surface area contributed by atoms with Gasteiger partial charge in [0.25, 0.3) is 0 Å². The van der Waals surface area contributed by atoms with Crippen LogP contribution in [-0.2, 0) is 9.47 Å². The lowest BCUT2D eigenvalue weighted by molar-refractivity contribution is -0.301. The molecule has 0 aliphatic carbocycles. The SMILES string of the molecule is CCCCCCCCCCOC1O[C@@H](CO)[C@H](O)[C@@H](O)[C@@H]1O. The Morgan fingerprint density at radius 1 is 0.818 bits per heavy atom. The van der Waals surface area contributed by atoms with E-state index in [0.29, 0.717) is 6.61 Å². The van der Waals surface area contributed by atoms with Crippen LogP contribution in [0.5, 0.6) is 0 Å². The smallest absolute Gasteiger partial charge is 0.186 e. The van der Waals surface area contributed by atoms with E-state index in [-0.39, 0.29) is 0 Å². The first-order valence-electron chi connectivity index (χ1n) is 8.54. The fourth-order valence-electron chi connectivity index (χ4n) is 2.64. The van der Waals surface area contributed by atoms with Crippen molar-refractivity contribution in [3.63, 3.8) is 0 Å². The number of hydrogen-bond acceptors (Lipinski definition) is 6. The van der Waals surface area contributed by atoms with Gasteiger partial charge in [0.15, 0.2) is 6.29 Å². The van der Waals surface area contributed by atoms with E-state index in [1.165, 1.54) is 38.5 Å². The van der Waals surface area contributed by atoms with Gasteiger partial charge < -0.3 is 29.9 Å². The second-order valence-corrected chi connectivity index (χ2v) is 6.04. The van der Waals surface area contributed by atoms with Gasteiger partial charge in [-0.15, -0.1) is 0 Å². The Hall–Kier alpha value is -0.240. The number of rotatable bonds is 11. The number of ether oxygens (including phenoxy) is 2. The summed E-state index contributed by atoms with van der Waals surface area (Å²) in [5.74, 6) is 0. The van der Waals surface area contributed by atoms with Crippen LogP contribution in [0.3, 0.4) is 0 Å². The molecular formula is C16H32O6. The molecule has 1 unspecified atom stereocenters.